The van der Waals surface area contributed by atoms with Crippen molar-refractivity contribution in [1.29, 1.82) is 0 Å². The minimum absolute atomic E-state index is 0.229. The quantitative estimate of drug-likeness (QED) is 0.464. The molecule has 1 aliphatic carbocycles. The highest BCUT2D eigenvalue weighted by molar-refractivity contribution is 6.33. The van der Waals surface area contributed by atoms with Gasteiger partial charge in [0.2, 0.25) is 0 Å². The van der Waals surface area contributed by atoms with Gasteiger partial charge in [0, 0.05) is 12.0 Å². The van der Waals surface area contributed by atoms with E-state index in [2.05, 4.69) is 6.07 Å². The van der Waals surface area contributed by atoms with Crippen molar-refractivity contribution >= 4 is 19.3 Å². The molecule has 1 saturated carbocycles. The smallest absolute Gasteiger partial charge is 0.310 e. The first-order valence-corrected chi connectivity index (χ1v) is 8.40. The lowest BCUT2D eigenvalue weighted by Crippen LogP contribution is -2.11. The molecule has 1 fully saturated rings. The van der Waals surface area contributed by atoms with Gasteiger partial charge in [-0.25, -0.2) is 0 Å². The molecule has 0 amide bonds. The van der Waals surface area contributed by atoms with Crippen LogP contribution in [-0.4, -0.2) is 13.8 Å². The first-order valence-electron chi connectivity index (χ1n) is 8.40. The number of ether oxygens (including phenoxy) is 2. The maximum absolute atomic E-state index is 11.7. The Labute approximate surface area is 144 Å². The van der Waals surface area contributed by atoms with Gasteiger partial charge in [0.15, 0.2) is 0 Å². The molecule has 0 spiro atoms. The SMILES string of the molecule is [B]c1ccc(OCc2c(OC(=O)CC)cccc2C2CC2)cc1C. The Hall–Kier alpha value is -2.23. The third-order valence-electron chi connectivity index (χ3n) is 4.32. The Morgan fingerprint density at radius 3 is 2.71 bits per heavy atom. The number of hydrogen-bond acceptors (Lipinski definition) is 3. The van der Waals surface area contributed by atoms with E-state index in [0.717, 1.165) is 22.3 Å². The zero-order chi connectivity index (χ0) is 17.1. The average molecular weight is 320 g/mol. The minimum Gasteiger partial charge on any atom is -0.489 e. The van der Waals surface area contributed by atoms with Crippen molar-refractivity contribution < 1.29 is 14.3 Å². The summed E-state index contributed by atoms with van der Waals surface area (Å²) in [5.41, 5.74) is 3.93. The van der Waals surface area contributed by atoms with E-state index in [-0.39, 0.29) is 5.97 Å². The van der Waals surface area contributed by atoms with Gasteiger partial charge in [-0.05, 0) is 49.4 Å². The monoisotopic (exact) mass is 320 g/mol. The molecule has 0 atom stereocenters. The molecule has 0 saturated heterocycles. The lowest BCUT2D eigenvalue weighted by Gasteiger charge is -2.16. The summed E-state index contributed by atoms with van der Waals surface area (Å²) in [6, 6.07) is 11.5. The van der Waals surface area contributed by atoms with Crippen molar-refractivity contribution in [2.24, 2.45) is 0 Å². The lowest BCUT2D eigenvalue weighted by molar-refractivity contribution is -0.134. The summed E-state index contributed by atoms with van der Waals surface area (Å²) in [5, 5.41) is 0. The molecule has 0 aliphatic heterocycles. The number of benzene rings is 2. The molecule has 0 N–H and O–H groups in total. The number of rotatable bonds is 6. The van der Waals surface area contributed by atoms with Crippen LogP contribution in [0.2, 0.25) is 0 Å². The first-order chi connectivity index (χ1) is 11.6. The fourth-order valence-corrected chi connectivity index (χ4v) is 2.70. The second-order valence-electron chi connectivity index (χ2n) is 6.23. The van der Waals surface area contributed by atoms with Gasteiger partial charge in [-0.15, -0.1) is 0 Å². The molecular formula is C20H21BO3. The maximum atomic E-state index is 11.7. The predicted molar refractivity (Wildman–Crippen MR) is 95.2 cm³/mol. The van der Waals surface area contributed by atoms with Crippen molar-refractivity contribution in [3.8, 4) is 11.5 Å². The fraction of sp³-hybridized carbons (Fsp3) is 0.350. The van der Waals surface area contributed by atoms with Crippen LogP contribution >= 0.6 is 0 Å². The summed E-state index contributed by atoms with van der Waals surface area (Å²) in [5.74, 6) is 1.70. The lowest BCUT2D eigenvalue weighted by atomic mass is 9.91. The highest BCUT2D eigenvalue weighted by Gasteiger charge is 2.28. The van der Waals surface area contributed by atoms with Gasteiger partial charge in [-0.2, -0.15) is 0 Å². The van der Waals surface area contributed by atoms with E-state index in [0.29, 0.717) is 24.7 Å². The maximum Gasteiger partial charge on any atom is 0.310 e. The summed E-state index contributed by atoms with van der Waals surface area (Å²) in [6.07, 6.45) is 2.71. The van der Waals surface area contributed by atoms with Crippen LogP contribution < -0.4 is 14.9 Å². The fourth-order valence-electron chi connectivity index (χ4n) is 2.70. The van der Waals surface area contributed by atoms with E-state index < -0.39 is 0 Å². The zero-order valence-electron chi connectivity index (χ0n) is 14.2. The van der Waals surface area contributed by atoms with Gasteiger partial charge in [-0.1, -0.05) is 36.1 Å². The molecule has 0 heterocycles. The third kappa shape index (κ3) is 3.81. The Kier molecular flexibility index (Phi) is 4.93. The summed E-state index contributed by atoms with van der Waals surface area (Å²) < 4.78 is 11.5. The van der Waals surface area contributed by atoms with Crippen molar-refractivity contribution in [2.75, 3.05) is 0 Å². The Bertz CT molecular complexity index is 751. The van der Waals surface area contributed by atoms with Gasteiger partial charge >= 0.3 is 5.97 Å². The molecule has 0 aromatic heterocycles. The van der Waals surface area contributed by atoms with Crippen LogP contribution in [-0.2, 0) is 11.4 Å². The van der Waals surface area contributed by atoms with E-state index >= 15 is 0 Å². The van der Waals surface area contributed by atoms with Crippen LogP contribution in [0.15, 0.2) is 36.4 Å². The molecule has 3 nitrogen and oxygen atoms in total. The molecular weight excluding hydrogens is 299 g/mol. The highest BCUT2D eigenvalue weighted by Crippen LogP contribution is 2.44. The topological polar surface area (TPSA) is 35.5 Å². The van der Waals surface area contributed by atoms with Gasteiger partial charge in [-0.3, -0.25) is 4.79 Å². The summed E-state index contributed by atoms with van der Waals surface area (Å²) in [4.78, 5) is 11.7. The van der Waals surface area contributed by atoms with Crippen molar-refractivity contribution in [3.63, 3.8) is 0 Å². The second kappa shape index (κ2) is 7.12. The molecule has 2 aromatic carbocycles. The molecule has 0 bridgehead atoms. The van der Waals surface area contributed by atoms with E-state index in [1.807, 2.05) is 37.3 Å². The molecule has 24 heavy (non-hydrogen) atoms. The van der Waals surface area contributed by atoms with Crippen molar-refractivity contribution in [1.82, 2.24) is 0 Å². The van der Waals surface area contributed by atoms with E-state index in [4.69, 9.17) is 17.3 Å². The van der Waals surface area contributed by atoms with Crippen LogP contribution in [0.4, 0.5) is 0 Å². The predicted octanol–water partition coefficient (Wildman–Crippen LogP) is 3.56. The van der Waals surface area contributed by atoms with E-state index in [1.165, 1.54) is 18.4 Å². The van der Waals surface area contributed by atoms with Gasteiger partial charge in [0.1, 0.15) is 26.0 Å². The normalized spacial score (nSPS) is 13.6. The number of carbonyl (C=O) groups is 1. The summed E-state index contributed by atoms with van der Waals surface area (Å²) in [6.45, 7) is 4.12. The van der Waals surface area contributed by atoms with E-state index in [9.17, 15) is 4.79 Å². The molecule has 4 heteroatoms. The number of carbonyl (C=O) groups excluding carboxylic acids is 1. The van der Waals surface area contributed by atoms with Crippen LogP contribution in [0.25, 0.3) is 0 Å². The van der Waals surface area contributed by atoms with Crippen molar-refractivity contribution in [3.05, 3.63) is 53.1 Å². The summed E-state index contributed by atoms with van der Waals surface area (Å²) >= 11 is 0. The molecule has 0 unspecified atom stereocenters. The largest absolute Gasteiger partial charge is 0.489 e. The third-order valence-corrected chi connectivity index (χ3v) is 4.32. The van der Waals surface area contributed by atoms with Gasteiger partial charge in [0.05, 0.1) is 0 Å². The Morgan fingerprint density at radius 1 is 1.25 bits per heavy atom. The molecule has 3 rings (SSSR count). The van der Waals surface area contributed by atoms with Crippen LogP contribution in [0.5, 0.6) is 11.5 Å². The average Bonchev–Trinajstić information content (AvgIpc) is 3.41. The Morgan fingerprint density at radius 2 is 2.04 bits per heavy atom. The van der Waals surface area contributed by atoms with Crippen molar-refractivity contribution in [2.45, 2.75) is 45.6 Å². The van der Waals surface area contributed by atoms with Gasteiger partial charge < -0.3 is 9.47 Å². The van der Waals surface area contributed by atoms with Crippen LogP contribution in [0, 0.1) is 6.92 Å². The number of esters is 1. The highest BCUT2D eigenvalue weighted by atomic mass is 16.5. The first kappa shape index (κ1) is 16.6. The molecule has 1 aliphatic rings. The number of hydrogen-bond donors (Lipinski definition) is 0. The standard InChI is InChI=1S/C20H21BO3/c1-3-20(22)24-19-6-4-5-16(14-7-8-14)17(19)12-23-15-9-10-18(21)13(2)11-15/h4-6,9-11,14H,3,7-8,12H2,1-2H3. The zero-order valence-corrected chi connectivity index (χ0v) is 14.2. The number of aryl methyl sites for hydroxylation is 1. The van der Waals surface area contributed by atoms with E-state index in [1.54, 1.807) is 6.92 Å². The van der Waals surface area contributed by atoms with Gasteiger partial charge in [0.25, 0.3) is 0 Å². The minimum atomic E-state index is -0.229. The molecule has 2 radical (unpaired) electrons. The second-order valence-corrected chi connectivity index (χ2v) is 6.23. The molecule has 2 aromatic rings. The Balaban J connectivity index is 1.84. The van der Waals surface area contributed by atoms with Crippen LogP contribution in [0.1, 0.15) is 48.8 Å². The summed E-state index contributed by atoms with van der Waals surface area (Å²) in [7, 11) is 5.85. The molecule has 122 valence electrons. The van der Waals surface area contributed by atoms with Crippen LogP contribution in [0.3, 0.4) is 0 Å².